The molecule has 2 heterocycles. The molecule has 1 fully saturated rings. The van der Waals surface area contributed by atoms with Crippen molar-refractivity contribution < 1.29 is 18.0 Å². The minimum absolute atomic E-state index is 0.140. The smallest absolute Gasteiger partial charge is 0.243 e. The van der Waals surface area contributed by atoms with Gasteiger partial charge in [-0.3, -0.25) is 14.6 Å². The van der Waals surface area contributed by atoms with Gasteiger partial charge in [0, 0.05) is 31.9 Å². The summed E-state index contributed by atoms with van der Waals surface area (Å²) in [4.78, 5) is 27.9. The summed E-state index contributed by atoms with van der Waals surface area (Å²) in [5.74, 6) is -0.798. The lowest BCUT2D eigenvalue weighted by molar-refractivity contribution is -0.126. The van der Waals surface area contributed by atoms with E-state index in [9.17, 15) is 18.0 Å². The van der Waals surface area contributed by atoms with Crippen molar-refractivity contribution in [3.63, 3.8) is 0 Å². The van der Waals surface area contributed by atoms with E-state index in [1.165, 1.54) is 23.4 Å². The van der Waals surface area contributed by atoms with E-state index in [1.54, 1.807) is 24.4 Å². The Bertz CT molecular complexity index is 962. The van der Waals surface area contributed by atoms with E-state index in [2.05, 4.69) is 15.6 Å². The van der Waals surface area contributed by atoms with E-state index in [0.717, 1.165) is 5.69 Å². The van der Waals surface area contributed by atoms with Gasteiger partial charge in [0.1, 0.15) is 0 Å². The van der Waals surface area contributed by atoms with Crippen LogP contribution in [0.3, 0.4) is 0 Å². The highest BCUT2D eigenvalue weighted by atomic mass is 32.2. The number of amides is 2. The molecule has 0 bridgehead atoms. The van der Waals surface area contributed by atoms with Gasteiger partial charge < -0.3 is 10.6 Å². The van der Waals surface area contributed by atoms with Crippen molar-refractivity contribution in [2.75, 3.05) is 18.4 Å². The summed E-state index contributed by atoms with van der Waals surface area (Å²) in [5.41, 5.74) is 1.28. The van der Waals surface area contributed by atoms with Crippen molar-refractivity contribution >= 4 is 27.5 Å². The van der Waals surface area contributed by atoms with Crippen LogP contribution in [0.1, 0.15) is 25.5 Å². The Balaban J connectivity index is 1.64. The van der Waals surface area contributed by atoms with Gasteiger partial charge in [0.25, 0.3) is 0 Å². The monoisotopic (exact) mass is 416 g/mol. The number of nitrogens with zero attached hydrogens (tertiary/aromatic N) is 2. The first-order chi connectivity index (χ1) is 13.9. The summed E-state index contributed by atoms with van der Waals surface area (Å²) < 4.78 is 27.3. The molecule has 8 nitrogen and oxygen atoms in total. The number of carbonyl (C=O) groups excluding carboxylic acids is 2. The second-order valence-electron chi connectivity index (χ2n) is 6.95. The van der Waals surface area contributed by atoms with Crippen molar-refractivity contribution in [2.45, 2.75) is 31.2 Å². The summed E-state index contributed by atoms with van der Waals surface area (Å²) in [7, 11) is -3.71. The third-order valence-corrected chi connectivity index (χ3v) is 6.62. The van der Waals surface area contributed by atoms with Gasteiger partial charge in [-0.05, 0) is 49.2 Å². The Labute approximate surface area is 170 Å². The fraction of sp³-hybridized carbons (Fsp3) is 0.350. The molecule has 1 saturated heterocycles. The van der Waals surface area contributed by atoms with Crippen LogP contribution >= 0.6 is 0 Å². The van der Waals surface area contributed by atoms with Gasteiger partial charge in [-0.1, -0.05) is 6.07 Å². The first-order valence-electron chi connectivity index (χ1n) is 9.41. The van der Waals surface area contributed by atoms with Crippen LogP contribution in [0, 0.1) is 5.92 Å². The normalized spacial score (nSPS) is 17.5. The topological polar surface area (TPSA) is 108 Å². The summed E-state index contributed by atoms with van der Waals surface area (Å²) >= 11 is 0. The van der Waals surface area contributed by atoms with Gasteiger partial charge in [-0.15, -0.1) is 0 Å². The Morgan fingerprint density at radius 1 is 1.17 bits per heavy atom. The van der Waals surface area contributed by atoms with Crippen LogP contribution in [0.4, 0.5) is 5.69 Å². The summed E-state index contributed by atoms with van der Waals surface area (Å²) in [6.45, 7) is 2.22. The Morgan fingerprint density at radius 2 is 1.93 bits per heavy atom. The van der Waals surface area contributed by atoms with Crippen LogP contribution in [0.5, 0.6) is 0 Å². The lowest BCUT2D eigenvalue weighted by Crippen LogP contribution is -2.45. The predicted molar refractivity (Wildman–Crippen MR) is 108 cm³/mol. The summed E-state index contributed by atoms with van der Waals surface area (Å²) in [6, 6.07) is 11.5. The molecule has 1 aliphatic rings. The fourth-order valence-corrected chi connectivity index (χ4v) is 4.79. The minimum Gasteiger partial charge on any atom is -0.350 e. The number of aromatic nitrogens is 1. The maximum atomic E-state index is 13.0. The molecule has 1 atom stereocenters. The molecule has 1 aromatic carbocycles. The molecule has 3 rings (SSSR count). The standard InChI is InChI=1S/C20H24N4O4S/c1-15(25)23-17-7-9-19(10-8-17)29(27,28)24-12-4-5-16(14-24)20(26)22-13-18-6-2-3-11-21-18/h2-3,6-11,16H,4-5,12-14H2,1H3,(H,22,26)(H,23,25). The summed E-state index contributed by atoms with van der Waals surface area (Å²) in [6.07, 6.45) is 2.92. The first kappa shape index (κ1) is 20.9. The van der Waals surface area contributed by atoms with Crippen molar-refractivity contribution in [3.05, 3.63) is 54.4 Å². The quantitative estimate of drug-likeness (QED) is 0.746. The number of benzene rings is 1. The molecule has 2 amide bonds. The molecule has 2 N–H and O–H groups in total. The Morgan fingerprint density at radius 3 is 2.59 bits per heavy atom. The van der Waals surface area contributed by atoms with Crippen LogP contribution in [-0.4, -0.2) is 42.6 Å². The van der Waals surface area contributed by atoms with E-state index in [4.69, 9.17) is 0 Å². The zero-order chi connectivity index (χ0) is 20.9. The molecule has 9 heteroatoms. The first-order valence-corrected chi connectivity index (χ1v) is 10.9. The molecule has 1 unspecified atom stereocenters. The van der Waals surface area contributed by atoms with Crippen LogP contribution < -0.4 is 10.6 Å². The maximum absolute atomic E-state index is 13.0. The number of nitrogens with one attached hydrogen (secondary N) is 2. The third kappa shape index (κ3) is 5.39. The van der Waals surface area contributed by atoms with Crippen LogP contribution in [-0.2, 0) is 26.2 Å². The van der Waals surface area contributed by atoms with Crippen molar-refractivity contribution in [3.8, 4) is 0 Å². The van der Waals surface area contributed by atoms with Gasteiger partial charge in [-0.2, -0.15) is 4.31 Å². The van der Waals surface area contributed by atoms with Gasteiger partial charge in [0.15, 0.2) is 0 Å². The summed E-state index contributed by atoms with van der Waals surface area (Å²) in [5, 5.41) is 5.45. The Hall–Kier alpha value is -2.78. The van der Waals surface area contributed by atoms with Crippen molar-refractivity contribution in [1.29, 1.82) is 0 Å². The second-order valence-corrected chi connectivity index (χ2v) is 8.88. The minimum atomic E-state index is -3.71. The maximum Gasteiger partial charge on any atom is 0.243 e. The molecule has 154 valence electrons. The zero-order valence-electron chi connectivity index (χ0n) is 16.2. The molecular formula is C20H24N4O4S. The number of anilines is 1. The van der Waals surface area contributed by atoms with E-state index in [0.29, 0.717) is 31.6 Å². The fourth-order valence-electron chi connectivity index (χ4n) is 3.26. The van der Waals surface area contributed by atoms with Gasteiger partial charge in [-0.25, -0.2) is 8.42 Å². The number of hydrogen-bond acceptors (Lipinski definition) is 5. The molecular weight excluding hydrogens is 392 g/mol. The van der Waals surface area contributed by atoms with E-state index in [1.807, 2.05) is 12.1 Å². The number of hydrogen-bond donors (Lipinski definition) is 2. The average Bonchev–Trinajstić information content (AvgIpc) is 2.73. The lowest BCUT2D eigenvalue weighted by Gasteiger charge is -2.31. The van der Waals surface area contributed by atoms with E-state index in [-0.39, 0.29) is 23.3 Å². The molecule has 0 spiro atoms. The van der Waals surface area contributed by atoms with Gasteiger partial charge in [0.05, 0.1) is 23.1 Å². The largest absolute Gasteiger partial charge is 0.350 e. The van der Waals surface area contributed by atoms with Crippen LogP contribution in [0.2, 0.25) is 0 Å². The molecule has 1 aliphatic heterocycles. The molecule has 0 aliphatic carbocycles. The van der Waals surface area contributed by atoms with Crippen molar-refractivity contribution in [2.24, 2.45) is 5.92 Å². The third-order valence-electron chi connectivity index (χ3n) is 4.74. The van der Waals surface area contributed by atoms with E-state index < -0.39 is 15.9 Å². The highest BCUT2D eigenvalue weighted by molar-refractivity contribution is 7.89. The van der Waals surface area contributed by atoms with Crippen molar-refractivity contribution in [1.82, 2.24) is 14.6 Å². The average molecular weight is 417 g/mol. The second kappa shape index (κ2) is 9.15. The number of piperidine rings is 1. The highest BCUT2D eigenvalue weighted by Gasteiger charge is 2.33. The molecule has 0 saturated carbocycles. The van der Waals surface area contributed by atoms with Gasteiger partial charge >= 0.3 is 0 Å². The molecule has 29 heavy (non-hydrogen) atoms. The predicted octanol–water partition coefficient (Wildman–Crippen LogP) is 1.76. The molecule has 1 aromatic heterocycles. The molecule has 2 aromatic rings. The molecule has 0 radical (unpaired) electrons. The SMILES string of the molecule is CC(=O)Nc1ccc(S(=O)(=O)N2CCCC(C(=O)NCc3ccccn3)C2)cc1. The number of rotatable bonds is 6. The lowest BCUT2D eigenvalue weighted by atomic mass is 9.99. The zero-order valence-corrected chi connectivity index (χ0v) is 17.0. The van der Waals surface area contributed by atoms with Gasteiger partial charge in [0.2, 0.25) is 21.8 Å². The number of sulfonamides is 1. The number of pyridine rings is 1. The highest BCUT2D eigenvalue weighted by Crippen LogP contribution is 2.25. The van der Waals surface area contributed by atoms with Crippen LogP contribution in [0.25, 0.3) is 0 Å². The Kier molecular flexibility index (Phi) is 6.60. The number of carbonyl (C=O) groups is 2. The van der Waals surface area contributed by atoms with E-state index >= 15 is 0 Å². The van der Waals surface area contributed by atoms with Crippen LogP contribution in [0.15, 0.2) is 53.6 Å².